The van der Waals surface area contributed by atoms with Crippen LogP contribution in [0.2, 0.25) is 39.3 Å². The molecule has 0 aliphatic rings. The van der Waals surface area contributed by atoms with Crippen molar-refractivity contribution < 1.29 is 18.4 Å². The Bertz CT molecular complexity index is 755. The van der Waals surface area contributed by atoms with E-state index in [9.17, 15) is 4.79 Å². The third kappa shape index (κ3) is 11.8. The summed E-state index contributed by atoms with van der Waals surface area (Å²) in [6, 6.07) is 5.98. The highest BCUT2D eigenvalue weighted by molar-refractivity contribution is 6.70. The number of carbonyl (C=O) groups excluding carboxylic acids is 1. The van der Waals surface area contributed by atoms with Crippen molar-refractivity contribution in [3.05, 3.63) is 30.3 Å². The lowest BCUT2D eigenvalue weighted by atomic mass is 10.1. The van der Waals surface area contributed by atoms with Gasteiger partial charge in [-0.15, -0.1) is 0 Å². The summed E-state index contributed by atoms with van der Waals surface area (Å²) < 4.78 is 18.7. The van der Waals surface area contributed by atoms with E-state index in [0.29, 0.717) is 36.3 Å². The van der Waals surface area contributed by atoms with Gasteiger partial charge in [0.25, 0.3) is 0 Å². The van der Waals surface area contributed by atoms with Crippen molar-refractivity contribution in [2.24, 2.45) is 0 Å². The zero-order valence-electron chi connectivity index (χ0n) is 21.6. The van der Waals surface area contributed by atoms with E-state index in [0.717, 1.165) is 18.5 Å². The Balaban J connectivity index is 3.10. The normalized spacial score (nSPS) is 13.1. The highest BCUT2D eigenvalue weighted by atomic mass is 28.4. The molecule has 1 amide bonds. The maximum absolute atomic E-state index is 12.1. The fourth-order valence-corrected chi connectivity index (χ4v) is 5.01. The predicted octanol–water partition coefficient (Wildman–Crippen LogP) is 5.84. The Morgan fingerprint density at radius 2 is 1.75 bits per heavy atom. The monoisotopic (exact) mass is 480 g/mol. The number of ether oxygens (including phenoxy) is 1. The third-order valence-corrected chi connectivity index (χ3v) is 6.07. The standard InChI is InChI=1S/C24H44N2O4Si2/c1-11-12-24(27)26-20-13-14-23(22(15-20)19(4)29-31(5,6)7)28-17-21(16-25-18(2)3)30-32(8,9)10/h13-15,18,21,25H,4,11-12,16-17H2,1-3,5-10H3,(H,26,27). The zero-order valence-corrected chi connectivity index (χ0v) is 23.6. The molecule has 0 aliphatic carbocycles. The Labute approximate surface area is 197 Å². The Morgan fingerprint density at radius 1 is 1.09 bits per heavy atom. The average Bonchev–Trinajstić information content (AvgIpc) is 2.62. The summed E-state index contributed by atoms with van der Waals surface area (Å²) in [4.78, 5) is 12.1. The number of amides is 1. The van der Waals surface area contributed by atoms with Crippen LogP contribution in [0.3, 0.4) is 0 Å². The predicted molar refractivity (Wildman–Crippen MR) is 140 cm³/mol. The lowest BCUT2D eigenvalue weighted by Gasteiger charge is -2.28. The van der Waals surface area contributed by atoms with Crippen LogP contribution in [0, 0.1) is 0 Å². The first-order chi connectivity index (χ1) is 14.7. The van der Waals surface area contributed by atoms with E-state index >= 15 is 0 Å². The van der Waals surface area contributed by atoms with Crippen LogP contribution in [0.1, 0.15) is 39.2 Å². The first-order valence-corrected chi connectivity index (χ1v) is 18.4. The van der Waals surface area contributed by atoms with Gasteiger partial charge in [0.1, 0.15) is 18.1 Å². The van der Waals surface area contributed by atoms with Gasteiger partial charge in [-0.05, 0) is 63.9 Å². The lowest BCUT2D eigenvalue weighted by molar-refractivity contribution is -0.116. The fraction of sp³-hybridized carbons (Fsp3) is 0.625. The lowest BCUT2D eigenvalue weighted by Crippen LogP contribution is -2.43. The largest absolute Gasteiger partial charge is 0.544 e. The summed E-state index contributed by atoms with van der Waals surface area (Å²) in [6.07, 6.45) is 1.22. The van der Waals surface area contributed by atoms with Crippen LogP contribution in [0.15, 0.2) is 24.8 Å². The molecular formula is C24H44N2O4Si2. The van der Waals surface area contributed by atoms with Gasteiger partial charge in [0, 0.05) is 24.7 Å². The fourth-order valence-electron chi connectivity index (χ4n) is 3.01. The summed E-state index contributed by atoms with van der Waals surface area (Å²) in [5.74, 6) is 1.23. The summed E-state index contributed by atoms with van der Waals surface area (Å²) in [7, 11) is -3.60. The SMILES string of the molecule is C=C(O[Si](C)(C)C)c1cc(NC(=O)CCC)ccc1OCC(CNC(C)C)O[Si](C)(C)C. The quantitative estimate of drug-likeness (QED) is 0.258. The van der Waals surface area contributed by atoms with Crippen LogP contribution in [0.25, 0.3) is 5.76 Å². The van der Waals surface area contributed by atoms with Crippen molar-refractivity contribution in [3.8, 4) is 5.75 Å². The average molecular weight is 481 g/mol. The van der Waals surface area contributed by atoms with Crippen molar-refractivity contribution >= 4 is 34.0 Å². The summed E-state index contributed by atoms with van der Waals surface area (Å²) in [5, 5.41) is 6.40. The van der Waals surface area contributed by atoms with E-state index in [1.54, 1.807) is 0 Å². The van der Waals surface area contributed by atoms with Crippen LogP contribution in [0.5, 0.6) is 5.75 Å². The Kier molecular flexibility index (Phi) is 11.2. The van der Waals surface area contributed by atoms with E-state index < -0.39 is 16.6 Å². The number of benzene rings is 1. The molecule has 1 aromatic rings. The second kappa shape index (κ2) is 12.6. The molecule has 0 fully saturated rings. The molecule has 0 aromatic heterocycles. The van der Waals surface area contributed by atoms with Gasteiger partial charge in [-0.25, -0.2) is 0 Å². The minimum absolute atomic E-state index is 0.00722. The maximum atomic E-state index is 12.1. The minimum atomic E-state index is -1.86. The molecule has 0 radical (unpaired) electrons. The maximum Gasteiger partial charge on any atom is 0.242 e. The molecule has 0 spiro atoms. The summed E-state index contributed by atoms with van der Waals surface area (Å²) in [6.45, 7) is 24.4. The summed E-state index contributed by atoms with van der Waals surface area (Å²) in [5.41, 5.74) is 1.47. The molecule has 1 unspecified atom stereocenters. The van der Waals surface area contributed by atoms with Crippen molar-refractivity contribution in [2.75, 3.05) is 18.5 Å². The molecule has 0 heterocycles. The second-order valence-corrected chi connectivity index (χ2v) is 19.3. The van der Waals surface area contributed by atoms with Crippen LogP contribution in [-0.2, 0) is 13.6 Å². The Hall–Kier alpha value is -1.62. The van der Waals surface area contributed by atoms with E-state index in [-0.39, 0.29) is 12.0 Å². The molecule has 6 nitrogen and oxygen atoms in total. The van der Waals surface area contributed by atoms with Crippen molar-refractivity contribution in [3.63, 3.8) is 0 Å². The molecule has 1 aromatic carbocycles. The van der Waals surface area contributed by atoms with Gasteiger partial charge in [-0.1, -0.05) is 27.4 Å². The van der Waals surface area contributed by atoms with Gasteiger partial charge in [0.15, 0.2) is 8.32 Å². The van der Waals surface area contributed by atoms with Gasteiger partial charge < -0.3 is 24.2 Å². The Morgan fingerprint density at radius 3 is 2.28 bits per heavy atom. The second-order valence-electron chi connectivity index (χ2n) is 10.4. The highest BCUT2D eigenvalue weighted by Gasteiger charge is 2.24. The molecule has 8 heteroatoms. The zero-order chi connectivity index (χ0) is 24.5. The number of carbonyl (C=O) groups is 1. The van der Waals surface area contributed by atoms with Crippen molar-refractivity contribution in [2.45, 2.75) is 85.0 Å². The van der Waals surface area contributed by atoms with E-state index in [2.05, 4.69) is 70.3 Å². The molecular weight excluding hydrogens is 436 g/mol. The molecule has 0 aliphatic heterocycles. The van der Waals surface area contributed by atoms with Crippen molar-refractivity contribution in [1.82, 2.24) is 5.32 Å². The molecule has 32 heavy (non-hydrogen) atoms. The molecule has 1 atom stereocenters. The molecule has 2 N–H and O–H groups in total. The molecule has 0 saturated heterocycles. The topological polar surface area (TPSA) is 68.8 Å². The molecule has 0 saturated carbocycles. The highest BCUT2D eigenvalue weighted by Crippen LogP contribution is 2.31. The van der Waals surface area contributed by atoms with Gasteiger partial charge in [0.2, 0.25) is 14.2 Å². The van der Waals surface area contributed by atoms with Gasteiger partial charge >= 0.3 is 0 Å². The van der Waals surface area contributed by atoms with Gasteiger partial charge in [-0.3, -0.25) is 4.79 Å². The molecule has 0 bridgehead atoms. The minimum Gasteiger partial charge on any atom is -0.544 e. The molecule has 182 valence electrons. The number of hydrogen-bond donors (Lipinski definition) is 2. The smallest absolute Gasteiger partial charge is 0.242 e. The van der Waals surface area contributed by atoms with Gasteiger partial charge in [-0.2, -0.15) is 0 Å². The number of hydrogen-bond acceptors (Lipinski definition) is 5. The molecule has 1 rings (SSSR count). The third-order valence-electron chi connectivity index (χ3n) is 4.17. The van der Waals surface area contributed by atoms with Crippen LogP contribution in [0.4, 0.5) is 5.69 Å². The van der Waals surface area contributed by atoms with Crippen LogP contribution < -0.4 is 15.4 Å². The van der Waals surface area contributed by atoms with Gasteiger partial charge in [0.05, 0.1) is 11.7 Å². The first kappa shape index (κ1) is 28.4. The van der Waals surface area contributed by atoms with Crippen LogP contribution >= 0.6 is 0 Å². The number of anilines is 1. The number of nitrogens with one attached hydrogen (secondary N) is 2. The van der Waals surface area contributed by atoms with E-state index in [4.69, 9.17) is 13.6 Å². The number of rotatable bonds is 14. The van der Waals surface area contributed by atoms with E-state index in [1.807, 2.05) is 25.1 Å². The first-order valence-electron chi connectivity index (χ1n) is 11.6. The summed E-state index contributed by atoms with van der Waals surface area (Å²) >= 11 is 0. The van der Waals surface area contributed by atoms with E-state index in [1.165, 1.54) is 0 Å². The van der Waals surface area contributed by atoms with Crippen molar-refractivity contribution in [1.29, 1.82) is 0 Å². The van der Waals surface area contributed by atoms with Crippen LogP contribution in [-0.4, -0.2) is 47.8 Å².